The van der Waals surface area contributed by atoms with Crippen molar-refractivity contribution in [3.05, 3.63) is 60.2 Å². The molecule has 226 valence electrons. The van der Waals surface area contributed by atoms with Gasteiger partial charge in [0.05, 0.1) is 43.1 Å². The van der Waals surface area contributed by atoms with E-state index in [1.807, 2.05) is 19.9 Å². The van der Waals surface area contributed by atoms with E-state index in [1.165, 1.54) is 35.7 Å². The Hall–Kier alpha value is -2.84. The number of carbonyl (C=O) groups is 1. The van der Waals surface area contributed by atoms with Crippen molar-refractivity contribution in [1.29, 1.82) is 0 Å². The first-order valence-electron chi connectivity index (χ1n) is 13.4. The first kappa shape index (κ1) is 31.1. The molecule has 2 saturated heterocycles. The number of carbonyl (C=O) groups excluding carboxylic acids is 1. The lowest BCUT2D eigenvalue weighted by atomic mass is 10.0. The summed E-state index contributed by atoms with van der Waals surface area (Å²) < 4.78 is 76.0. The van der Waals surface area contributed by atoms with E-state index in [-0.39, 0.29) is 36.9 Å². The predicted molar refractivity (Wildman–Crippen MR) is 144 cm³/mol. The van der Waals surface area contributed by atoms with Gasteiger partial charge in [-0.2, -0.15) is 13.1 Å². The average molecular weight is 599 g/mol. The van der Waals surface area contributed by atoms with Crippen LogP contribution in [-0.2, 0) is 30.7 Å². The van der Waals surface area contributed by atoms with Crippen molar-refractivity contribution in [3.63, 3.8) is 0 Å². The van der Waals surface area contributed by atoms with Crippen LogP contribution in [0.1, 0.15) is 25.8 Å². The van der Waals surface area contributed by atoms with E-state index in [1.54, 1.807) is 24.3 Å². The van der Waals surface area contributed by atoms with Crippen molar-refractivity contribution >= 4 is 16.1 Å². The van der Waals surface area contributed by atoms with Gasteiger partial charge < -0.3 is 24.6 Å². The Bertz CT molecular complexity index is 1260. The van der Waals surface area contributed by atoms with Crippen molar-refractivity contribution < 1.29 is 46.0 Å². The molecule has 2 heterocycles. The second-order valence-corrected chi connectivity index (χ2v) is 12.6. The molecule has 4 rings (SSSR count). The van der Waals surface area contributed by atoms with Crippen molar-refractivity contribution in [1.82, 2.24) is 9.62 Å². The lowest BCUT2D eigenvalue weighted by Gasteiger charge is -2.31. The highest BCUT2D eigenvalue weighted by atomic mass is 32.2. The minimum Gasteiger partial charge on any atom is -0.497 e. The number of fused-ring (bicyclic) bond motifs is 1. The number of aliphatic hydroxyl groups is 1. The van der Waals surface area contributed by atoms with Crippen molar-refractivity contribution in [2.24, 2.45) is 11.8 Å². The second kappa shape index (κ2) is 13.0. The van der Waals surface area contributed by atoms with Crippen molar-refractivity contribution in [3.8, 4) is 5.75 Å². The van der Waals surface area contributed by atoms with Gasteiger partial charge in [-0.05, 0) is 42.2 Å². The summed E-state index contributed by atoms with van der Waals surface area (Å²) in [5.74, 6) is -0.399. The van der Waals surface area contributed by atoms with E-state index < -0.39 is 59.1 Å². The fourth-order valence-corrected chi connectivity index (χ4v) is 6.58. The fraction of sp³-hybridized carbons (Fsp3) is 0.536. The molecule has 5 atom stereocenters. The van der Waals surface area contributed by atoms with Crippen LogP contribution in [0.5, 0.6) is 5.75 Å². The highest BCUT2D eigenvalue weighted by molar-refractivity contribution is 7.89. The second-order valence-electron chi connectivity index (χ2n) is 10.7. The number of methoxy groups -OCH3 is 1. The van der Waals surface area contributed by atoms with E-state index in [0.717, 1.165) is 5.56 Å². The molecule has 0 aliphatic carbocycles. The third-order valence-corrected chi connectivity index (χ3v) is 8.84. The molecule has 2 aliphatic heterocycles. The van der Waals surface area contributed by atoms with Crippen LogP contribution < -0.4 is 10.1 Å². The average Bonchev–Trinajstić information content (AvgIpc) is 3.43. The molecule has 2 aromatic rings. The fourth-order valence-electron chi connectivity index (χ4n) is 4.96. The first-order valence-corrected chi connectivity index (χ1v) is 14.8. The minimum atomic E-state index is -4.02. The summed E-state index contributed by atoms with van der Waals surface area (Å²) in [6.07, 6.45) is -8.26. The van der Waals surface area contributed by atoms with Crippen LogP contribution in [0.15, 0.2) is 59.5 Å². The van der Waals surface area contributed by atoms with Crippen LogP contribution in [0, 0.1) is 11.8 Å². The van der Waals surface area contributed by atoms with Crippen LogP contribution >= 0.6 is 0 Å². The molecule has 0 saturated carbocycles. The van der Waals surface area contributed by atoms with Gasteiger partial charge in [0.2, 0.25) is 10.0 Å². The van der Waals surface area contributed by atoms with Crippen LogP contribution in [0.3, 0.4) is 0 Å². The largest absolute Gasteiger partial charge is 0.497 e. The van der Waals surface area contributed by atoms with Gasteiger partial charge in [0.15, 0.2) is 6.29 Å². The number of aliphatic hydroxyl groups excluding tert-OH is 1. The van der Waals surface area contributed by atoms with Gasteiger partial charge in [0, 0.05) is 13.1 Å². The maximum Gasteiger partial charge on any atom is 0.407 e. The molecule has 0 spiro atoms. The van der Waals surface area contributed by atoms with E-state index >= 15 is 0 Å². The Labute approximate surface area is 238 Å². The number of sulfonamides is 1. The zero-order valence-electron chi connectivity index (χ0n) is 23.1. The molecule has 13 heteroatoms. The number of amides is 1. The Balaban J connectivity index is 1.50. The summed E-state index contributed by atoms with van der Waals surface area (Å²) in [5.41, 5.74) is 0.776. The lowest BCUT2D eigenvalue weighted by Crippen LogP contribution is -2.51. The number of alkyl halides is 2. The summed E-state index contributed by atoms with van der Waals surface area (Å²) in [5, 5.41) is 14.0. The Morgan fingerprint density at radius 1 is 1.15 bits per heavy atom. The molecular formula is C28H36F2N2O8S. The molecule has 10 nitrogen and oxygen atoms in total. The molecule has 0 radical (unpaired) electrons. The van der Waals surface area contributed by atoms with Gasteiger partial charge in [-0.3, -0.25) is 4.74 Å². The third kappa shape index (κ3) is 7.92. The lowest BCUT2D eigenvalue weighted by molar-refractivity contribution is -0.270. The first-order chi connectivity index (χ1) is 19.4. The third-order valence-electron chi connectivity index (χ3n) is 7.00. The molecule has 0 bridgehead atoms. The van der Waals surface area contributed by atoms with Crippen LogP contribution in [0.2, 0.25) is 0 Å². The van der Waals surface area contributed by atoms with E-state index in [2.05, 4.69) is 10.1 Å². The molecule has 2 fully saturated rings. The van der Waals surface area contributed by atoms with Gasteiger partial charge in [-0.25, -0.2) is 13.2 Å². The van der Waals surface area contributed by atoms with Crippen LogP contribution in [0.4, 0.5) is 13.6 Å². The van der Waals surface area contributed by atoms with E-state index in [9.17, 15) is 27.1 Å². The summed E-state index contributed by atoms with van der Waals surface area (Å²) in [6, 6.07) is 14.0. The van der Waals surface area contributed by atoms with Gasteiger partial charge >= 0.3 is 12.2 Å². The number of alkyl carbamates (subject to hydrolysis) is 1. The summed E-state index contributed by atoms with van der Waals surface area (Å²) in [7, 11) is -2.54. The minimum absolute atomic E-state index is 0.0319. The highest BCUT2D eigenvalue weighted by Gasteiger charge is 2.56. The normalized spacial score (nSPS) is 23.3. The Kier molecular flexibility index (Phi) is 9.85. The number of ether oxygens (including phenoxy) is 4. The van der Waals surface area contributed by atoms with Gasteiger partial charge in [-0.15, -0.1) is 0 Å². The highest BCUT2D eigenvalue weighted by Crippen LogP contribution is 2.43. The number of hydrogen-bond donors (Lipinski definition) is 2. The summed E-state index contributed by atoms with van der Waals surface area (Å²) in [4.78, 5) is 13.0. The van der Waals surface area contributed by atoms with Crippen molar-refractivity contribution in [2.45, 2.75) is 62.2 Å². The van der Waals surface area contributed by atoms with Gasteiger partial charge in [0.1, 0.15) is 11.9 Å². The molecule has 2 N–H and O–H groups in total. The Morgan fingerprint density at radius 3 is 2.46 bits per heavy atom. The standard InChI is InChI=1S/C28H36F2N2O8S/c1-18(2)15-32(41(35,36)21-11-9-20(37-3)10-12-21)16-24(33)23(13-19-7-5-4-6-8-19)31-27(34)39-25-17-38-26-22(25)14-28(29,30)40-26/h4-12,18,22-26,33H,13-17H2,1-3H3,(H,31,34)/t22-,23+,24-,25?,26-/m1/s1. The molecule has 2 aliphatic rings. The van der Waals surface area contributed by atoms with Crippen LogP contribution in [-0.4, -0.2) is 81.4 Å². The molecule has 1 amide bonds. The maximum absolute atomic E-state index is 13.7. The molecule has 41 heavy (non-hydrogen) atoms. The number of halogens is 2. The van der Waals surface area contributed by atoms with Gasteiger partial charge in [-0.1, -0.05) is 44.2 Å². The molecule has 1 unspecified atom stereocenters. The van der Waals surface area contributed by atoms with Gasteiger partial charge in [0.25, 0.3) is 0 Å². The zero-order chi connectivity index (χ0) is 29.8. The maximum atomic E-state index is 13.7. The van der Waals surface area contributed by atoms with E-state index in [0.29, 0.717) is 5.75 Å². The molecule has 2 aromatic carbocycles. The topological polar surface area (TPSA) is 124 Å². The SMILES string of the molecule is COc1ccc(S(=O)(=O)N(CC(C)C)C[C@@H](O)[C@H](Cc2ccccc2)NC(=O)OC2CO[C@@H]3OC(F)(F)C[C@H]23)cc1. The smallest absolute Gasteiger partial charge is 0.407 e. The summed E-state index contributed by atoms with van der Waals surface area (Å²) >= 11 is 0. The number of benzene rings is 2. The predicted octanol–water partition coefficient (Wildman–Crippen LogP) is 3.39. The number of nitrogens with one attached hydrogen (secondary N) is 1. The quantitative estimate of drug-likeness (QED) is 0.381. The number of rotatable bonds is 12. The summed E-state index contributed by atoms with van der Waals surface area (Å²) in [6.45, 7) is 3.40. The monoisotopic (exact) mass is 598 g/mol. The van der Waals surface area contributed by atoms with Crippen LogP contribution in [0.25, 0.3) is 0 Å². The molecule has 0 aromatic heterocycles. The number of hydrogen-bond acceptors (Lipinski definition) is 8. The molecular weight excluding hydrogens is 562 g/mol. The zero-order valence-corrected chi connectivity index (χ0v) is 23.9. The van der Waals surface area contributed by atoms with Crippen molar-refractivity contribution in [2.75, 3.05) is 26.8 Å². The Morgan fingerprint density at radius 2 is 1.83 bits per heavy atom. The number of nitrogens with zero attached hydrogens (tertiary/aromatic N) is 1. The van der Waals surface area contributed by atoms with E-state index in [4.69, 9.17) is 14.2 Å².